The van der Waals surface area contributed by atoms with E-state index < -0.39 is 0 Å². The molecule has 2 aliphatic rings. The summed E-state index contributed by atoms with van der Waals surface area (Å²) in [5.41, 5.74) is 2.25. The van der Waals surface area contributed by atoms with Gasteiger partial charge in [0.25, 0.3) is 5.91 Å². The monoisotopic (exact) mass is 479 g/mol. The van der Waals surface area contributed by atoms with Crippen molar-refractivity contribution in [1.29, 1.82) is 0 Å². The third kappa shape index (κ3) is 6.12. The van der Waals surface area contributed by atoms with Crippen molar-refractivity contribution in [2.45, 2.75) is 38.6 Å². The molecule has 35 heavy (non-hydrogen) atoms. The molecule has 2 aromatic rings. The van der Waals surface area contributed by atoms with Crippen molar-refractivity contribution in [3.63, 3.8) is 0 Å². The van der Waals surface area contributed by atoms with Gasteiger partial charge < -0.3 is 24.6 Å². The zero-order valence-corrected chi connectivity index (χ0v) is 20.4. The first-order valence-corrected chi connectivity index (χ1v) is 12.2. The number of piperidine rings is 2. The number of carbonyl (C=O) groups excluding carboxylic acids is 3. The molecular weight excluding hydrogens is 446 g/mol. The Morgan fingerprint density at radius 3 is 2.34 bits per heavy atom. The molecule has 2 heterocycles. The van der Waals surface area contributed by atoms with E-state index in [9.17, 15) is 14.4 Å². The highest BCUT2D eigenvalue weighted by atomic mass is 16.5. The van der Waals surface area contributed by atoms with E-state index in [-0.39, 0.29) is 23.6 Å². The van der Waals surface area contributed by atoms with Gasteiger partial charge in [-0.15, -0.1) is 0 Å². The standard InChI is InChI=1S/C27H33N3O5/c1-34-23-15-21(16-24(17-23)35-2)27(33)29-12-9-20(10-13-29)26(32)28-22-7-5-6-19(14-22)18-30-11-4-3-8-25(30)31/h5-7,14-17,20H,3-4,8-13,18H2,1-2H3,(H,28,32). The fourth-order valence-corrected chi connectivity index (χ4v) is 4.70. The largest absolute Gasteiger partial charge is 0.497 e. The van der Waals surface area contributed by atoms with E-state index in [0.717, 1.165) is 30.6 Å². The second-order valence-corrected chi connectivity index (χ2v) is 9.13. The summed E-state index contributed by atoms with van der Waals surface area (Å²) in [6.07, 6.45) is 3.81. The van der Waals surface area contributed by atoms with Gasteiger partial charge in [0, 0.05) is 55.8 Å². The van der Waals surface area contributed by atoms with Crippen LogP contribution in [0.3, 0.4) is 0 Å². The zero-order valence-electron chi connectivity index (χ0n) is 20.4. The molecule has 2 fully saturated rings. The summed E-state index contributed by atoms with van der Waals surface area (Å²) < 4.78 is 10.5. The number of benzene rings is 2. The van der Waals surface area contributed by atoms with E-state index in [1.807, 2.05) is 29.2 Å². The van der Waals surface area contributed by atoms with E-state index in [1.54, 1.807) is 37.3 Å². The SMILES string of the molecule is COc1cc(OC)cc(C(=O)N2CCC(C(=O)Nc3cccc(CN4CCCCC4=O)c3)CC2)c1. The summed E-state index contributed by atoms with van der Waals surface area (Å²) in [6, 6.07) is 12.8. The van der Waals surface area contributed by atoms with Crippen molar-refractivity contribution in [2.75, 3.05) is 39.2 Å². The lowest BCUT2D eigenvalue weighted by atomic mass is 9.95. The maximum Gasteiger partial charge on any atom is 0.254 e. The molecule has 4 rings (SSSR count). The minimum Gasteiger partial charge on any atom is -0.497 e. The molecule has 0 atom stereocenters. The number of methoxy groups -OCH3 is 2. The lowest BCUT2D eigenvalue weighted by molar-refractivity contribution is -0.133. The Balaban J connectivity index is 1.32. The van der Waals surface area contributed by atoms with Crippen molar-refractivity contribution in [1.82, 2.24) is 9.80 Å². The third-order valence-electron chi connectivity index (χ3n) is 6.74. The minimum absolute atomic E-state index is 0.0358. The molecule has 0 radical (unpaired) electrons. The number of nitrogens with zero attached hydrogens (tertiary/aromatic N) is 2. The van der Waals surface area contributed by atoms with E-state index in [1.165, 1.54) is 0 Å². The quantitative estimate of drug-likeness (QED) is 0.654. The molecule has 2 aromatic carbocycles. The summed E-state index contributed by atoms with van der Waals surface area (Å²) in [7, 11) is 3.10. The normalized spacial score (nSPS) is 16.7. The van der Waals surface area contributed by atoms with Gasteiger partial charge in [0.05, 0.1) is 14.2 Å². The van der Waals surface area contributed by atoms with Crippen molar-refractivity contribution in [3.8, 4) is 11.5 Å². The molecule has 2 aliphatic heterocycles. The molecule has 0 spiro atoms. The predicted molar refractivity (Wildman–Crippen MR) is 133 cm³/mol. The van der Waals surface area contributed by atoms with E-state index >= 15 is 0 Å². The molecule has 0 bridgehead atoms. The molecular formula is C27H33N3O5. The van der Waals surface area contributed by atoms with Gasteiger partial charge in [0.2, 0.25) is 11.8 Å². The van der Waals surface area contributed by atoms with Crippen molar-refractivity contribution < 1.29 is 23.9 Å². The van der Waals surface area contributed by atoms with Crippen molar-refractivity contribution in [3.05, 3.63) is 53.6 Å². The van der Waals surface area contributed by atoms with Gasteiger partial charge in [0.15, 0.2) is 0 Å². The number of hydrogen-bond donors (Lipinski definition) is 1. The van der Waals surface area contributed by atoms with Crippen molar-refractivity contribution in [2.24, 2.45) is 5.92 Å². The number of rotatable bonds is 7. The first-order valence-electron chi connectivity index (χ1n) is 12.2. The lowest BCUT2D eigenvalue weighted by Gasteiger charge is -2.31. The average Bonchev–Trinajstić information content (AvgIpc) is 2.89. The highest BCUT2D eigenvalue weighted by Gasteiger charge is 2.28. The van der Waals surface area contributed by atoms with Crippen LogP contribution in [0.1, 0.15) is 48.0 Å². The Hall–Kier alpha value is -3.55. The first-order chi connectivity index (χ1) is 17.0. The summed E-state index contributed by atoms with van der Waals surface area (Å²) in [4.78, 5) is 41.7. The summed E-state index contributed by atoms with van der Waals surface area (Å²) in [5, 5.41) is 3.03. The smallest absolute Gasteiger partial charge is 0.254 e. The maximum atomic E-state index is 13.0. The predicted octanol–water partition coefficient (Wildman–Crippen LogP) is 3.71. The van der Waals surface area contributed by atoms with Gasteiger partial charge in [-0.1, -0.05) is 12.1 Å². The second kappa shape index (κ2) is 11.3. The van der Waals surface area contributed by atoms with Crippen LogP contribution in [0.5, 0.6) is 11.5 Å². The number of hydrogen-bond acceptors (Lipinski definition) is 5. The van der Waals surface area contributed by atoms with Crippen LogP contribution in [-0.2, 0) is 16.1 Å². The molecule has 0 unspecified atom stereocenters. The van der Waals surface area contributed by atoms with Gasteiger partial charge in [-0.05, 0) is 55.5 Å². The first kappa shape index (κ1) is 24.6. The fourth-order valence-electron chi connectivity index (χ4n) is 4.70. The number of ether oxygens (including phenoxy) is 2. The van der Waals surface area contributed by atoms with Crippen LogP contribution in [0.15, 0.2) is 42.5 Å². The number of likely N-dealkylation sites (tertiary alicyclic amines) is 2. The van der Waals surface area contributed by atoms with Crippen molar-refractivity contribution >= 4 is 23.4 Å². The molecule has 186 valence electrons. The van der Waals surface area contributed by atoms with Gasteiger partial charge in [-0.3, -0.25) is 14.4 Å². The Morgan fingerprint density at radius 1 is 0.971 bits per heavy atom. The van der Waals surface area contributed by atoms with Gasteiger partial charge in [-0.2, -0.15) is 0 Å². The van der Waals surface area contributed by atoms with Crippen LogP contribution in [-0.4, -0.2) is 61.4 Å². The topological polar surface area (TPSA) is 88.2 Å². The van der Waals surface area contributed by atoms with Crippen LogP contribution in [0, 0.1) is 5.92 Å². The van der Waals surface area contributed by atoms with E-state index in [2.05, 4.69) is 5.32 Å². The highest BCUT2D eigenvalue weighted by Crippen LogP contribution is 2.26. The molecule has 8 nitrogen and oxygen atoms in total. The van der Waals surface area contributed by atoms with E-state index in [4.69, 9.17) is 9.47 Å². The molecule has 1 N–H and O–H groups in total. The molecule has 0 saturated carbocycles. The number of anilines is 1. The minimum atomic E-state index is -0.161. The Bertz CT molecular complexity index is 1060. The highest BCUT2D eigenvalue weighted by molar-refractivity contribution is 5.96. The molecule has 3 amide bonds. The summed E-state index contributed by atoms with van der Waals surface area (Å²) in [6.45, 7) is 2.37. The summed E-state index contributed by atoms with van der Waals surface area (Å²) >= 11 is 0. The molecule has 8 heteroatoms. The van der Waals surface area contributed by atoms with Gasteiger partial charge >= 0.3 is 0 Å². The zero-order chi connectivity index (χ0) is 24.8. The Labute approximate surface area is 206 Å². The Morgan fingerprint density at radius 2 is 1.69 bits per heavy atom. The van der Waals surface area contributed by atoms with Crippen LogP contribution >= 0.6 is 0 Å². The van der Waals surface area contributed by atoms with E-state index in [0.29, 0.717) is 56.0 Å². The fraction of sp³-hybridized carbons (Fsp3) is 0.444. The number of carbonyl (C=O) groups is 3. The molecule has 0 aliphatic carbocycles. The molecule has 2 saturated heterocycles. The van der Waals surface area contributed by atoms with Gasteiger partial charge in [-0.25, -0.2) is 0 Å². The van der Waals surface area contributed by atoms with Crippen LogP contribution in [0.25, 0.3) is 0 Å². The van der Waals surface area contributed by atoms with Gasteiger partial charge in [0.1, 0.15) is 11.5 Å². The van der Waals surface area contributed by atoms with Crippen LogP contribution in [0.4, 0.5) is 5.69 Å². The second-order valence-electron chi connectivity index (χ2n) is 9.13. The van der Waals surface area contributed by atoms with Crippen LogP contribution in [0.2, 0.25) is 0 Å². The van der Waals surface area contributed by atoms with Crippen LogP contribution < -0.4 is 14.8 Å². The third-order valence-corrected chi connectivity index (χ3v) is 6.74. The Kier molecular flexibility index (Phi) is 7.90. The molecule has 0 aromatic heterocycles. The number of amides is 3. The lowest BCUT2D eigenvalue weighted by Crippen LogP contribution is -2.41. The average molecular weight is 480 g/mol. The number of nitrogens with one attached hydrogen (secondary N) is 1. The maximum absolute atomic E-state index is 13.0. The summed E-state index contributed by atoms with van der Waals surface area (Å²) in [5.74, 6) is 1.03.